The molecule has 2 atom stereocenters. The number of thiophene rings is 1. The minimum Gasteiger partial charge on any atom is -0.478 e. The number of carboxylic acid groups (broad SMARTS) is 1. The molecule has 1 heterocycles. The van der Waals surface area contributed by atoms with Gasteiger partial charge in [-0.3, -0.25) is 5.32 Å². The van der Waals surface area contributed by atoms with E-state index in [0.29, 0.717) is 18.0 Å². The Hall–Kier alpha value is -1.60. The molecule has 0 aromatic carbocycles. The molecule has 1 aliphatic rings. The van der Waals surface area contributed by atoms with Gasteiger partial charge in [0.2, 0.25) is 0 Å². The Bertz CT molecular complexity index is 488. The van der Waals surface area contributed by atoms with Crippen LogP contribution < -0.4 is 10.6 Å². The number of carboxylic acids is 1. The molecular formula is C13H18N2O4S. The Labute approximate surface area is 120 Å². The Kier molecular flexibility index (Phi) is 4.97. The van der Waals surface area contributed by atoms with E-state index in [0.717, 1.165) is 19.3 Å². The van der Waals surface area contributed by atoms with Gasteiger partial charge in [0, 0.05) is 6.54 Å². The number of carbonyl (C=O) groups is 2. The first-order chi connectivity index (χ1) is 9.56. The second-order valence-corrected chi connectivity index (χ2v) is 5.91. The van der Waals surface area contributed by atoms with Crippen molar-refractivity contribution in [3.8, 4) is 0 Å². The van der Waals surface area contributed by atoms with Gasteiger partial charge < -0.3 is 15.5 Å². The zero-order chi connectivity index (χ0) is 14.5. The number of aliphatic hydroxyl groups excluding tert-OH is 1. The maximum atomic E-state index is 11.7. The molecule has 7 heteroatoms. The molecule has 6 nitrogen and oxygen atoms in total. The van der Waals surface area contributed by atoms with Crippen molar-refractivity contribution in [2.45, 2.75) is 31.8 Å². The SMILES string of the molecule is O=C(NCC1CCCC(O)C1)Nc1sccc1C(=O)O. The van der Waals surface area contributed by atoms with Crippen LogP contribution in [0.3, 0.4) is 0 Å². The number of amides is 2. The maximum Gasteiger partial charge on any atom is 0.338 e. The smallest absolute Gasteiger partial charge is 0.338 e. The van der Waals surface area contributed by atoms with Gasteiger partial charge in [0.1, 0.15) is 5.00 Å². The normalized spacial score (nSPS) is 22.2. The minimum absolute atomic E-state index is 0.0956. The fraction of sp³-hybridized carbons (Fsp3) is 0.538. The van der Waals surface area contributed by atoms with Gasteiger partial charge in [0.25, 0.3) is 0 Å². The molecule has 0 aliphatic heterocycles. The minimum atomic E-state index is -1.06. The number of hydrogen-bond donors (Lipinski definition) is 4. The van der Waals surface area contributed by atoms with E-state index >= 15 is 0 Å². The summed E-state index contributed by atoms with van der Waals surface area (Å²) in [6.45, 7) is 0.497. The summed E-state index contributed by atoms with van der Waals surface area (Å²) in [4.78, 5) is 22.7. The first-order valence-electron chi connectivity index (χ1n) is 6.60. The van der Waals surface area contributed by atoms with Crippen molar-refractivity contribution < 1.29 is 19.8 Å². The lowest BCUT2D eigenvalue weighted by Crippen LogP contribution is -2.35. The van der Waals surface area contributed by atoms with Gasteiger partial charge in [0.05, 0.1) is 11.7 Å². The monoisotopic (exact) mass is 298 g/mol. The third kappa shape index (κ3) is 3.94. The predicted molar refractivity (Wildman–Crippen MR) is 76.3 cm³/mol. The number of rotatable bonds is 4. The molecule has 4 N–H and O–H groups in total. The van der Waals surface area contributed by atoms with Crippen LogP contribution in [0.1, 0.15) is 36.0 Å². The maximum absolute atomic E-state index is 11.7. The lowest BCUT2D eigenvalue weighted by Gasteiger charge is -2.25. The molecule has 0 bridgehead atoms. The average molecular weight is 298 g/mol. The molecule has 20 heavy (non-hydrogen) atoms. The Balaban J connectivity index is 1.80. The summed E-state index contributed by atoms with van der Waals surface area (Å²) in [7, 11) is 0. The molecule has 2 rings (SSSR count). The van der Waals surface area contributed by atoms with Gasteiger partial charge in [-0.15, -0.1) is 11.3 Å². The zero-order valence-corrected chi connectivity index (χ0v) is 11.8. The van der Waals surface area contributed by atoms with E-state index in [1.54, 1.807) is 5.38 Å². The number of aliphatic hydroxyl groups is 1. The lowest BCUT2D eigenvalue weighted by atomic mass is 9.87. The summed E-state index contributed by atoms with van der Waals surface area (Å²) >= 11 is 1.18. The lowest BCUT2D eigenvalue weighted by molar-refractivity contribution is 0.0698. The van der Waals surface area contributed by atoms with Crippen molar-refractivity contribution in [3.63, 3.8) is 0 Å². The number of urea groups is 1. The Morgan fingerprint density at radius 2 is 2.20 bits per heavy atom. The van der Waals surface area contributed by atoms with Gasteiger partial charge in [0.15, 0.2) is 0 Å². The van der Waals surface area contributed by atoms with E-state index in [-0.39, 0.29) is 17.6 Å². The highest BCUT2D eigenvalue weighted by atomic mass is 32.1. The summed E-state index contributed by atoms with van der Waals surface area (Å²) in [5.74, 6) is -0.774. The van der Waals surface area contributed by atoms with Gasteiger partial charge in [-0.05, 0) is 36.6 Å². The summed E-state index contributed by atoms with van der Waals surface area (Å²) in [6, 6.07) is 1.05. The summed E-state index contributed by atoms with van der Waals surface area (Å²) in [5, 5.41) is 25.7. The molecule has 110 valence electrons. The predicted octanol–water partition coefficient (Wildman–Crippen LogP) is 2.12. The molecule has 2 amide bonds. The second kappa shape index (κ2) is 6.71. The summed E-state index contributed by atoms with van der Waals surface area (Å²) in [5.41, 5.74) is 0.0956. The van der Waals surface area contributed by atoms with Crippen LogP contribution in [0.2, 0.25) is 0 Å². The molecule has 1 aromatic heterocycles. The average Bonchev–Trinajstić information content (AvgIpc) is 2.85. The largest absolute Gasteiger partial charge is 0.478 e. The van der Waals surface area contributed by atoms with Crippen molar-refractivity contribution in [3.05, 3.63) is 17.0 Å². The van der Waals surface area contributed by atoms with Crippen LogP contribution in [0.5, 0.6) is 0 Å². The van der Waals surface area contributed by atoms with Crippen LogP contribution in [0.4, 0.5) is 9.80 Å². The third-order valence-electron chi connectivity index (χ3n) is 3.43. The first-order valence-corrected chi connectivity index (χ1v) is 7.48. The highest BCUT2D eigenvalue weighted by Crippen LogP contribution is 2.24. The Morgan fingerprint density at radius 3 is 2.90 bits per heavy atom. The fourth-order valence-corrected chi connectivity index (χ4v) is 3.18. The molecule has 0 radical (unpaired) electrons. The quantitative estimate of drug-likeness (QED) is 0.684. The van der Waals surface area contributed by atoms with E-state index in [1.807, 2.05) is 0 Å². The number of nitrogens with one attached hydrogen (secondary N) is 2. The van der Waals surface area contributed by atoms with Crippen molar-refractivity contribution in [1.29, 1.82) is 0 Å². The molecule has 1 aliphatic carbocycles. The van der Waals surface area contributed by atoms with Gasteiger partial charge in [-0.1, -0.05) is 6.42 Å². The standard InChI is InChI=1S/C13H18N2O4S/c16-9-3-1-2-8(6-9)7-14-13(19)15-11-10(12(17)18)4-5-20-11/h4-5,8-9,16H,1-3,6-7H2,(H,17,18)(H2,14,15,19). The van der Waals surface area contributed by atoms with Crippen LogP contribution in [0.15, 0.2) is 11.4 Å². The van der Waals surface area contributed by atoms with E-state index in [4.69, 9.17) is 5.11 Å². The van der Waals surface area contributed by atoms with Crippen LogP contribution in [-0.4, -0.2) is 34.9 Å². The molecule has 1 aromatic rings. The van der Waals surface area contributed by atoms with E-state index in [1.165, 1.54) is 17.4 Å². The highest BCUT2D eigenvalue weighted by molar-refractivity contribution is 7.14. The van der Waals surface area contributed by atoms with Crippen molar-refractivity contribution in [1.82, 2.24) is 5.32 Å². The topological polar surface area (TPSA) is 98.7 Å². The summed E-state index contributed by atoms with van der Waals surface area (Å²) in [6.07, 6.45) is 3.24. The molecule has 2 unspecified atom stereocenters. The van der Waals surface area contributed by atoms with Gasteiger partial charge in [-0.2, -0.15) is 0 Å². The second-order valence-electron chi connectivity index (χ2n) is 4.99. The molecule has 1 fully saturated rings. The number of aromatic carboxylic acids is 1. The van der Waals surface area contributed by atoms with Crippen LogP contribution in [-0.2, 0) is 0 Å². The van der Waals surface area contributed by atoms with Crippen LogP contribution in [0.25, 0.3) is 0 Å². The fourth-order valence-electron chi connectivity index (χ4n) is 2.41. The molecular weight excluding hydrogens is 280 g/mol. The Morgan fingerprint density at radius 1 is 1.40 bits per heavy atom. The van der Waals surface area contributed by atoms with E-state index in [2.05, 4.69) is 10.6 Å². The number of hydrogen-bond acceptors (Lipinski definition) is 4. The first kappa shape index (κ1) is 14.8. The van der Waals surface area contributed by atoms with Crippen molar-refractivity contribution in [2.24, 2.45) is 5.92 Å². The van der Waals surface area contributed by atoms with Crippen LogP contribution >= 0.6 is 11.3 Å². The van der Waals surface area contributed by atoms with Crippen LogP contribution in [0, 0.1) is 5.92 Å². The molecule has 0 spiro atoms. The van der Waals surface area contributed by atoms with E-state index < -0.39 is 12.0 Å². The molecule has 1 saturated carbocycles. The summed E-state index contributed by atoms with van der Waals surface area (Å²) < 4.78 is 0. The zero-order valence-electron chi connectivity index (χ0n) is 11.0. The third-order valence-corrected chi connectivity index (χ3v) is 4.26. The van der Waals surface area contributed by atoms with E-state index in [9.17, 15) is 14.7 Å². The van der Waals surface area contributed by atoms with Crippen molar-refractivity contribution >= 4 is 28.3 Å². The number of anilines is 1. The van der Waals surface area contributed by atoms with Crippen molar-refractivity contribution in [2.75, 3.05) is 11.9 Å². The molecule has 0 saturated heterocycles. The highest BCUT2D eigenvalue weighted by Gasteiger charge is 2.21. The number of carbonyl (C=O) groups excluding carboxylic acids is 1. The van der Waals surface area contributed by atoms with Gasteiger partial charge in [-0.25, -0.2) is 9.59 Å². The van der Waals surface area contributed by atoms with Gasteiger partial charge >= 0.3 is 12.0 Å².